The van der Waals surface area contributed by atoms with Gasteiger partial charge in [-0.15, -0.1) is 23.1 Å². The highest BCUT2D eigenvalue weighted by molar-refractivity contribution is 8.00. The Morgan fingerprint density at radius 3 is 2.26 bits per heavy atom. The number of anilines is 3. The summed E-state index contributed by atoms with van der Waals surface area (Å²) in [5.41, 5.74) is 2.70. The van der Waals surface area contributed by atoms with Crippen molar-refractivity contribution in [2.45, 2.75) is 30.9 Å². The van der Waals surface area contributed by atoms with Crippen LogP contribution >= 0.6 is 23.1 Å². The highest BCUT2D eigenvalue weighted by Gasteiger charge is 2.28. The molecule has 0 aliphatic carbocycles. The molecule has 0 bridgehead atoms. The van der Waals surface area contributed by atoms with Crippen LogP contribution in [0.3, 0.4) is 0 Å². The van der Waals surface area contributed by atoms with E-state index < -0.39 is 11.2 Å². The zero-order chi connectivity index (χ0) is 30.8. The van der Waals surface area contributed by atoms with Gasteiger partial charge < -0.3 is 20.7 Å². The average Bonchev–Trinajstić information content (AvgIpc) is 3.32. The maximum absolute atomic E-state index is 13.3. The van der Waals surface area contributed by atoms with Crippen LogP contribution in [0.2, 0.25) is 0 Å². The van der Waals surface area contributed by atoms with Crippen LogP contribution < -0.4 is 16.0 Å². The van der Waals surface area contributed by atoms with Crippen LogP contribution in [-0.4, -0.2) is 35.5 Å². The number of esters is 1. The molecule has 4 aromatic rings. The van der Waals surface area contributed by atoms with Crippen molar-refractivity contribution in [3.63, 3.8) is 0 Å². The van der Waals surface area contributed by atoms with E-state index in [1.54, 1.807) is 69.3 Å². The number of hydrogen-bond donors (Lipinski definition) is 3. The molecule has 10 heteroatoms. The molecular formula is C33H31N3O5S2. The van der Waals surface area contributed by atoms with Crippen molar-refractivity contribution in [2.24, 2.45) is 0 Å². The molecular weight excluding hydrogens is 583 g/mol. The molecule has 0 fully saturated rings. The van der Waals surface area contributed by atoms with Crippen molar-refractivity contribution >= 4 is 69.2 Å². The fourth-order valence-electron chi connectivity index (χ4n) is 4.01. The minimum atomic E-state index is -0.615. The number of hydrogen-bond acceptors (Lipinski definition) is 7. The zero-order valence-electron chi connectivity index (χ0n) is 23.9. The van der Waals surface area contributed by atoms with Gasteiger partial charge in [0.05, 0.1) is 22.3 Å². The number of thiophene rings is 1. The molecule has 0 saturated carbocycles. The highest BCUT2D eigenvalue weighted by Crippen LogP contribution is 2.35. The normalized spacial score (nSPS) is 11.5. The second-order valence-corrected chi connectivity index (χ2v) is 11.7. The van der Waals surface area contributed by atoms with Crippen molar-refractivity contribution in [1.82, 2.24) is 0 Å². The van der Waals surface area contributed by atoms with Crippen LogP contribution in [0.5, 0.6) is 0 Å². The Morgan fingerprint density at radius 2 is 1.56 bits per heavy atom. The lowest BCUT2D eigenvalue weighted by Crippen LogP contribution is -2.23. The first-order valence-electron chi connectivity index (χ1n) is 13.5. The summed E-state index contributed by atoms with van der Waals surface area (Å²) in [6.45, 7) is 5.23. The van der Waals surface area contributed by atoms with Crippen molar-refractivity contribution < 1.29 is 23.9 Å². The molecule has 0 saturated heterocycles. The fraction of sp³-hybridized carbons (Fsp3) is 0.152. The van der Waals surface area contributed by atoms with E-state index in [-0.39, 0.29) is 34.9 Å². The summed E-state index contributed by atoms with van der Waals surface area (Å²) in [7, 11) is 0. The van der Waals surface area contributed by atoms with Gasteiger partial charge in [0.2, 0.25) is 11.8 Å². The number of thioether (sulfide) groups is 1. The van der Waals surface area contributed by atoms with Crippen LogP contribution in [0.15, 0.2) is 95.9 Å². The minimum Gasteiger partial charge on any atom is -0.462 e. The summed E-state index contributed by atoms with van der Waals surface area (Å²) in [5, 5.41) is 8.17. The molecule has 0 radical (unpaired) electrons. The quantitative estimate of drug-likeness (QED) is 0.0933. The van der Waals surface area contributed by atoms with Crippen molar-refractivity contribution in [2.75, 3.05) is 22.6 Å². The van der Waals surface area contributed by atoms with E-state index in [0.29, 0.717) is 21.8 Å². The van der Waals surface area contributed by atoms with Gasteiger partial charge in [-0.1, -0.05) is 54.6 Å². The van der Waals surface area contributed by atoms with Crippen LogP contribution in [0, 0.1) is 6.92 Å². The van der Waals surface area contributed by atoms with Gasteiger partial charge in [-0.25, -0.2) is 4.79 Å². The van der Waals surface area contributed by atoms with E-state index in [9.17, 15) is 19.2 Å². The van der Waals surface area contributed by atoms with E-state index >= 15 is 0 Å². The third-order valence-corrected chi connectivity index (χ3v) is 8.41. The Labute approximate surface area is 258 Å². The molecule has 1 aromatic heterocycles. The van der Waals surface area contributed by atoms with Gasteiger partial charge in [-0.2, -0.15) is 0 Å². The van der Waals surface area contributed by atoms with Gasteiger partial charge in [0.1, 0.15) is 5.00 Å². The minimum absolute atomic E-state index is 0.147. The summed E-state index contributed by atoms with van der Waals surface area (Å²) in [4.78, 5) is 52.6. The summed E-state index contributed by atoms with van der Waals surface area (Å²) in [5.74, 6) is -1.63. The van der Waals surface area contributed by atoms with Gasteiger partial charge in [0.25, 0.3) is 5.91 Å². The number of rotatable bonds is 11. The Balaban J connectivity index is 1.44. The molecule has 220 valence electrons. The molecule has 1 atom stereocenters. The monoisotopic (exact) mass is 613 g/mol. The summed E-state index contributed by atoms with van der Waals surface area (Å²) < 4.78 is 5.23. The molecule has 0 spiro atoms. The molecule has 3 aromatic carbocycles. The first kappa shape index (κ1) is 31.3. The van der Waals surface area contributed by atoms with Gasteiger partial charge in [0.15, 0.2) is 0 Å². The van der Waals surface area contributed by atoms with E-state index in [0.717, 1.165) is 21.8 Å². The van der Waals surface area contributed by atoms with Crippen molar-refractivity contribution in [3.8, 4) is 0 Å². The fourth-order valence-corrected chi connectivity index (χ4v) is 6.03. The number of para-hydroxylation sites is 1. The van der Waals surface area contributed by atoms with Crippen molar-refractivity contribution in [1.29, 1.82) is 0 Å². The van der Waals surface area contributed by atoms with E-state index in [1.165, 1.54) is 17.8 Å². The summed E-state index contributed by atoms with van der Waals surface area (Å²) >= 11 is 2.32. The Bertz CT molecular complexity index is 1640. The lowest BCUT2D eigenvalue weighted by Gasteiger charge is -2.13. The third-order valence-electron chi connectivity index (χ3n) is 6.11. The molecule has 0 aliphatic rings. The SMILES string of the molecule is CCOC(=O)c1c(NC(=O)C(C)Sc2cccc(NC(=O)/C=C/c3ccccc3)c2)sc(C(=O)Nc2ccccc2)c1C. The molecule has 8 nitrogen and oxygen atoms in total. The van der Waals surface area contributed by atoms with Gasteiger partial charge in [-0.3, -0.25) is 14.4 Å². The lowest BCUT2D eigenvalue weighted by molar-refractivity contribution is -0.115. The molecule has 1 heterocycles. The predicted molar refractivity (Wildman–Crippen MR) is 174 cm³/mol. The first-order valence-corrected chi connectivity index (χ1v) is 15.2. The first-order chi connectivity index (χ1) is 20.7. The van der Waals surface area contributed by atoms with Gasteiger partial charge in [-0.05, 0) is 68.3 Å². The molecule has 43 heavy (non-hydrogen) atoms. The smallest absolute Gasteiger partial charge is 0.341 e. The van der Waals surface area contributed by atoms with E-state index in [1.807, 2.05) is 42.5 Å². The van der Waals surface area contributed by atoms with Gasteiger partial charge >= 0.3 is 5.97 Å². The molecule has 1 unspecified atom stereocenters. The van der Waals surface area contributed by atoms with Crippen LogP contribution in [0.25, 0.3) is 6.08 Å². The standard InChI is InChI=1S/C33H31N3O5S2/c1-4-41-33(40)28-21(2)29(31(39)35-24-14-9-6-10-15-24)43-32(28)36-30(38)22(3)42-26-17-11-16-25(20-26)34-27(37)19-18-23-12-7-5-8-13-23/h5-20,22H,4H2,1-3H3,(H,34,37)(H,35,39)(H,36,38)/b19-18+. The lowest BCUT2D eigenvalue weighted by atomic mass is 10.1. The number of carbonyl (C=O) groups is 4. The number of amides is 3. The molecule has 4 rings (SSSR count). The van der Waals surface area contributed by atoms with E-state index in [4.69, 9.17) is 4.74 Å². The second kappa shape index (κ2) is 15.0. The van der Waals surface area contributed by atoms with Crippen molar-refractivity contribution in [3.05, 3.63) is 113 Å². The maximum atomic E-state index is 13.3. The van der Waals surface area contributed by atoms with Crippen LogP contribution in [0.1, 0.15) is 45.0 Å². The largest absolute Gasteiger partial charge is 0.462 e. The maximum Gasteiger partial charge on any atom is 0.341 e. The molecule has 3 N–H and O–H groups in total. The Morgan fingerprint density at radius 1 is 0.884 bits per heavy atom. The third kappa shape index (κ3) is 8.67. The number of ether oxygens (including phenoxy) is 1. The number of nitrogens with one attached hydrogen (secondary N) is 3. The summed E-state index contributed by atoms with van der Waals surface area (Å²) in [6.07, 6.45) is 3.19. The molecule has 0 aliphatic heterocycles. The Kier molecular flexibility index (Phi) is 10.9. The zero-order valence-corrected chi connectivity index (χ0v) is 25.5. The Hall–Kier alpha value is -4.67. The van der Waals surface area contributed by atoms with Crippen LogP contribution in [0.4, 0.5) is 16.4 Å². The molecule has 3 amide bonds. The van der Waals surface area contributed by atoms with E-state index in [2.05, 4.69) is 16.0 Å². The van der Waals surface area contributed by atoms with Crippen LogP contribution in [-0.2, 0) is 14.3 Å². The number of benzene rings is 3. The van der Waals surface area contributed by atoms with Gasteiger partial charge in [0, 0.05) is 22.3 Å². The topological polar surface area (TPSA) is 114 Å². The summed E-state index contributed by atoms with van der Waals surface area (Å²) in [6, 6.07) is 25.7. The highest BCUT2D eigenvalue weighted by atomic mass is 32.2. The number of carbonyl (C=O) groups excluding carboxylic acids is 4. The second-order valence-electron chi connectivity index (χ2n) is 9.31. The average molecular weight is 614 g/mol. The predicted octanol–water partition coefficient (Wildman–Crippen LogP) is 7.26.